The van der Waals surface area contributed by atoms with Gasteiger partial charge in [0.1, 0.15) is 17.6 Å². The zero-order chi connectivity index (χ0) is 22.1. The van der Waals surface area contributed by atoms with Crippen molar-refractivity contribution in [3.8, 4) is 5.75 Å². The highest BCUT2D eigenvalue weighted by Crippen LogP contribution is 2.42. The van der Waals surface area contributed by atoms with E-state index >= 15 is 0 Å². The first kappa shape index (κ1) is 21.3. The van der Waals surface area contributed by atoms with Crippen molar-refractivity contribution in [2.45, 2.75) is 39.5 Å². The van der Waals surface area contributed by atoms with Crippen LogP contribution in [0, 0.1) is 6.92 Å². The van der Waals surface area contributed by atoms with Crippen molar-refractivity contribution in [1.29, 1.82) is 0 Å². The van der Waals surface area contributed by atoms with Gasteiger partial charge in [-0.05, 0) is 67.4 Å². The number of aliphatic hydroxyl groups is 1. The summed E-state index contributed by atoms with van der Waals surface area (Å²) in [6.45, 7) is 6.11. The number of ketones is 1. The van der Waals surface area contributed by atoms with E-state index in [1.807, 2.05) is 55.8 Å². The van der Waals surface area contributed by atoms with Gasteiger partial charge < -0.3 is 14.7 Å². The Balaban J connectivity index is 1.79. The number of ether oxygens (including phenoxy) is 1. The molecule has 0 bridgehead atoms. The topological polar surface area (TPSA) is 66.8 Å². The maximum absolute atomic E-state index is 13.0. The summed E-state index contributed by atoms with van der Waals surface area (Å²) in [7, 11) is 0. The summed E-state index contributed by atoms with van der Waals surface area (Å²) < 4.78 is 5.78. The second kappa shape index (κ2) is 8.69. The second-order valence-electron chi connectivity index (χ2n) is 7.67. The number of thiophene rings is 2. The number of aliphatic hydroxyl groups excluding tert-OH is 1. The van der Waals surface area contributed by atoms with Gasteiger partial charge in [0.25, 0.3) is 11.7 Å². The maximum atomic E-state index is 13.0. The molecule has 1 atom stereocenters. The van der Waals surface area contributed by atoms with Crippen molar-refractivity contribution in [2.75, 3.05) is 0 Å². The Morgan fingerprint density at radius 1 is 1.13 bits per heavy atom. The standard InChI is InChI=1S/C24H23NO4S2/c1-14(2)29-18-9-8-16(12-15(18)3)22(26)20-21(19-7-5-11-31-19)25(24(28)23(20)27)13-17-6-4-10-30-17/h4-12,14,21,26H,13H2,1-3H3/b22-20-. The van der Waals surface area contributed by atoms with Gasteiger partial charge in [0, 0.05) is 15.3 Å². The lowest BCUT2D eigenvalue weighted by atomic mass is 9.98. The molecule has 3 heterocycles. The van der Waals surface area contributed by atoms with E-state index < -0.39 is 17.7 Å². The highest BCUT2D eigenvalue weighted by Gasteiger charge is 2.46. The third-order valence-electron chi connectivity index (χ3n) is 5.07. The van der Waals surface area contributed by atoms with Crippen LogP contribution in [0.3, 0.4) is 0 Å². The lowest BCUT2D eigenvalue weighted by Crippen LogP contribution is -2.28. The number of carbonyl (C=O) groups excluding carboxylic acids is 2. The minimum absolute atomic E-state index is 0.0274. The number of nitrogens with zero attached hydrogens (tertiary/aromatic N) is 1. The van der Waals surface area contributed by atoms with Gasteiger partial charge in [-0.15, -0.1) is 22.7 Å². The molecule has 160 valence electrons. The van der Waals surface area contributed by atoms with E-state index in [1.165, 1.54) is 22.7 Å². The van der Waals surface area contributed by atoms with Crippen molar-refractivity contribution in [3.05, 3.63) is 79.7 Å². The van der Waals surface area contributed by atoms with Crippen LogP contribution in [-0.4, -0.2) is 27.8 Å². The van der Waals surface area contributed by atoms with Crippen LogP contribution in [0.15, 0.2) is 58.8 Å². The number of hydrogen-bond donors (Lipinski definition) is 1. The van der Waals surface area contributed by atoms with Crippen LogP contribution in [-0.2, 0) is 16.1 Å². The first-order valence-electron chi connectivity index (χ1n) is 9.98. The van der Waals surface area contributed by atoms with Crippen molar-refractivity contribution < 1.29 is 19.4 Å². The van der Waals surface area contributed by atoms with Crippen molar-refractivity contribution in [1.82, 2.24) is 4.90 Å². The predicted molar refractivity (Wildman–Crippen MR) is 123 cm³/mol. The fraction of sp³-hybridized carbons (Fsp3) is 0.250. The highest BCUT2D eigenvalue weighted by molar-refractivity contribution is 7.10. The fourth-order valence-electron chi connectivity index (χ4n) is 3.69. The molecule has 0 radical (unpaired) electrons. The molecular weight excluding hydrogens is 430 g/mol. The Bertz CT molecular complexity index is 1130. The molecule has 4 rings (SSSR count). The third kappa shape index (κ3) is 4.16. The average molecular weight is 454 g/mol. The monoisotopic (exact) mass is 453 g/mol. The summed E-state index contributed by atoms with van der Waals surface area (Å²) in [5.41, 5.74) is 1.46. The van der Waals surface area contributed by atoms with Crippen LogP contribution < -0.4 is 4.74 Å². The van der Waals surface area contributed by atoms with E-state index in [1.54, 1.807) is 23.1 Å². The predicted octanol–water partition coefficient (Wildman–Crippen LogP) is 5.53. The Hall–Kier alpha value is -2.90. The Kier molecular flexibility index (Phi) is 5.98. The Labute approximate surface area is 189 Å². The molecule has 1 unspecified atom stereocenters. The largest absolute Gasteiger partial charge is 0.507 e. The molecule has 1 aliphatic rings. The number of hydrogen-bond acceptors (Lipinski definition) is 6. The molecule has 3 aromatic rings. The first-order chi connectivity index (χ1) is 14.9. The number of amides is 1. The highest BCUT2D eigenvalue weighted by atomic mass is 32.1. The van der Waals surface area contributed by atoms with E-state index in [-0.39, 0.29) is 17.4 Å². The molecule has 1 saturated heterocycles. The quantitative estimate of drug-likeness (QED) is 0.303. The maximum Gasteiger partial charge on any atom is 0.296 e. The summed E-state index contributed by atoms with van der Waals surface area (Å²) in [4.78, 5) is 29.4. The zero-order valence-electron chi connectivity index (χ0n) is 17.5. The lowest BCUT2D eigenvalue weighted by molar-refractivity contribution is -0.140. The molecule has 0 aliphatic carbocycles. The summed E-state index contributed by atoms with van der Waals surface area (Å²) in [6.07, 6.45) is 0.0274. The average Bonchev–Trinajstić information content (AvgIpc) is 3.48. The molecule has 5 nitrogen and oxygen atoms in total. The van der Waals surface area contributed by atoms with Gasteiger partial charge in [-0.1, -0.05) is 12.1 Å². The lowest BCUT2D eigenvalue weighted by Gasteiger charge is -2.23. The van der Waals surface area contributed by atoms with E-state index in [0.717, 1.165) is 21.1 Å². The fourth-order valence-corrected chi connectivity index (χ4v) is 5.24. The van der Waals surface area contributed by atoms with Gasteiger partial charge in [0.15, 0.2) is 0 Å². The van der Waals surface area contributed by atoms with E-state index in [9.17, 15) is 14.7 Å². The van der Waals surface area contributed by atoms with E-state index in [4.69, 9.17) is 4.74 Å². The molecule has 1 N–H and O–H groups in total. The number of likely N-dealkylation sites (tertiary alicyclic amines) is 1. The van der Waals surface area contributed by atoms with Gasteiger partial charge >= 0.3 is 0 Å². The van der Waals surface area contributed by atoms with Crippen molar-refractivity contribution >= 4 is 40.1 Å². The smallest absolute Gasteiger partial charge is 0.296 e. The number of carbonyl (C=O) groups is 2. The summed E-state index contributed by atoms with van der Waals surface area (Å²) in [5.74, 6) is -0.693. The molecule has 1 fully saturated rings. The van der Waals surface area contributed by atoms with Gasteiger partial charge in [-0.25, -0.2) is 0 Å². The Morgan fingerprint density at radius 3 is 2.48 bits per heavy atom. The first-order valence-corrected chi connectivity index (χ1v) is 11.7. The van der Waals surface area contributed by atoms with Gasteiger partial charge in [0.05, 0.1) is 18.2 Å². The normalized spacial score (nSPS) is 18.2. The van der Waals surface area contributed by atoms with Gasteiger partial charge in [-0.3, -0.25) is 9.59 Å². The molecule has 1 amide bonds. The van der Waals surface area contributed by atoms with E-state index in [2.05, 4.69) is 0 Å². The van der Waals surface area contributed by atoms with Crippen LogP contribution in [0.2, 0.25) is 0 Å². The third-order valence-corrected chi connectivity index (χ3v) is 6.86. The summed E-state index contributed by atoms with van der Waals surface area (Å²) >= 11 is 2.99. The molecule has 0 saturated carbocycles. The summed E-state index contributed by atoms with van der Waals surface area (Å²) in [5, 5.41) is 15.0. The molecule has 1 aliphatic heterocycles. The molecule has 0 spiro atoms. The molecular formula is C24H23NO4S2. The van der Waals surface area contributed by atoms with Crippen LogP contribution in [0.4, 0.5) is 0 Å². The minimum Gasteiger partial charge on any atom is -0.507 e. The molecule has 2 aromatic heterocycles. The second-order valence-corrected chi connectivity index (χ2v) is 9.68. The van der Waals surface area contributed by atoms with Crippen molar-refractivity contribution in [2.24, 2.45) is 0 Å². The van der Waals surface area contributed by atoms with Crippen LogP contribution >= 0.6 is 22.7 Å². The molecule has 1 aromatic carbocycles. The Morgan fingerprint density at radius 2 is 1.87 bits per heavy atom. The SMILES string of the molecule is Cc1cc(/C(O)=C2/C(=O)C(=O)N(Cc3cccs3)C2c2cccs2)ccc1OC(C)C. The van der Waals surface area contributed by atoms with Crippen LogP contribution in [0.5, 0.6) is 5.75 Å². The van der Waals surface area contributed by atoms with Crippen molar-refractivity contribution in [3.63, 3.8) is 0 Å². The van der Waals surface area contributed by atoms with Crippen LogP contribution in [0.1, 0.15) is 40.8 Å². The number of Topliss-reactive ketones (excluding diaryl/α,β-unsaturated/α-hetero) is 1. The minimum atomic E-state index is -0.660. The number of aryl methyl sites for hydroxylation is 1. The number of rotatable bonds is 6. The van der Waals surface area contributed by atoms with E-state index in [0.29, 0.717) is 12.1 Å². The zero-order valence-corrected chi connectivity index (χ0v) is 19.1. The summed E-state index contributed by atoms with van der Waals surface area (Å²) in [6, 6.07) is 12.3. The van der Waals surface area contributed by atoms with Crippen LogP contribution in [0.25, 0.3) is 5.76 Å². The van der Waals surface area contributed by atoms with Gasteiger partial charge in [0.2, 0.25) is 0 Å². The number of benzene rings is 1. The molecule has 7 heteroatoms. The molecule has 31 heavy (non-hydrogen) atoms. The van der Waals surface area contributed by atoms with Gasteiger partial charge in [-0.2, -0.15) is 0 Å².